The summed E-state index contributed by atoms with van der Waals surface area (Å²) in [6, 6.07) is 10.6. The van der Waals surface area contributed by atoms with Crippen molar-refractivity contribution in [3.8, 4) is 0 Å². The summed E-state index contributed by atoms with van der Waals surface area (Å²) in [5.74, 6) is 3.57. The van der Waals surface area contributed by atoms with Crippen molar-refractivity contribution in [2.45, 2.75) is 38.0 Å². The van der Waals surface area contributed by atoms with Crippen molar-refractivity contribution in [3.05, 3.63) is 35.9 Å². The minimum atomic E-state index is 0.358. The van der Waals surface area contributed by atoms with E-state index >= 15 is 0 Å². The monoisotopic (exact) mass is 240 g/mol. The summed E-state index contributed by atoms with van der Waals surface area (Å²) in [5, 5.41) is 0. The third-order valence-electron chi connectivity index (χ3n) is 5.49. The molecular formula is C17H20O. The van der Waals surface area contributed by atoms with Crippen molar-refractivity contribution >= 4 is 5.78 Å². The van der Waals surface area contributed by atoms with Gasteiger partial charge >= 0.3 is 0 Å². The molecule has 5 unspecified atom stereocenters. The van der Waals surface area contributed by atoms with Crippen LogP contribution in [0.2, 0.25) is 0 Å². The van der Waals surface area contributed by atoms with E-state index in [1.165, 1.54) is 31.2 Å². The maximum atomic E-state index is 12.6. The predicted molar refractivity (Wildman–Crippen MR) is 71.2 cm³/mol. The number of hydrogen-bond donors (Lipinski definition) is 0. The molecule has 0 aliphatic heterocycles. The highest BCUT2D eigenvalue weighted by Crippen LogP contribution is 2.55. The largest absolute Gasteiger partial charge is 0.299 e. The molecule has 1 aromatic carbocycles. The first-order chi connectivity index (χ1) is 8.83. The number of carbonyl (C=O) groups is 1. The maximum Gasteiger partial charge on any atom is 0.139 e. The Labute approximate surface area is 109 Å². The van der Waals surface area contributed by atoms with Crippen molar-refractivity contribution in [2.24, 2.45) is 23.7 Å². The van der Waals surface area contributed by atoms with Gasteiger partial charge in [0.1, 0.15) is 5.78 Å². The van der Waals surface area contributed by atoms with Gasteiger partial charge in [-0.2, -0.15) is 0 Å². The van der Waals surface area contributed by atoms with Crippen LogP contribution < -0.4 is 0 Å². The number of fused-ring (bicyclic) bond motifs is 2. The van der Waals surface area contributed by atoms with Gasteiger partial charge in [0.05, 0.1) is 0 Å². The first kappa shape index (κ1) is 10.8. The van der Waals surface area contributed by atoms with Gasteiger partial charge < -0.3 is 0 Å². The van der Waals surface area contributed by atoms with E-state index in [9.17, 15) is 4.79 Å². The Kier molecular flexibility index (Phi) is 2.36. The quantitative estimate of drug-likeness (QED) is 0.785. The van der Waals surface area contributed by atoms with E-state index in [2.05, 4.69) is 30.3 Å². The molecule has 0 spiro atoms. The lowest BCUT2D eigenvalue weighted by Gasteiger charge is -2.20. The Balaban J connectivity index is 1.46. The summed E-state index contributed by atoms with van der Waals surface area (Å²) in [6.07, 6.45) is 6.38. The summed E-state index contributed by atoms with van der Waals surface area (Å²) < 4.78 is 0. The van der Waals surface area contributed by atoms with Crippen LogP contribution in [0, 0.1) is 23.7 Å². The predicted octanol–water partition coefficient (Wildman–Crippen LogP) is 3.80. The number of hydrogen-bond acceptors (Lipinski definition) is 1. The molecule has 3 aliphatic carbocycles. The molecule has 4 rings (SSSR count). The smallest absolute Gasteiger partial charge is 0.139 e. The zero-order valence-corrected chi connectivity index (χ0v) is 10.7. The fraction of sp³-hybridized carbons (Fsp3) is 0.588. The molecule has 0 heterocycles. The van der Waals surface area contributed by atoms with Crippen LogP contribution in [0.15, 0.2) is 30.3 Å². The number of carbonyl (C=O) groups excluding carboxylic acids is 1. The highest BCUT2D eigenvalue weighted by atomic mass is 16.1. The first-order valence-electron chi connectivity index (χ1n) is 7.41. The van der Waals surface area contributed by atoms with Gasteiger partial charge in [-0.25, -0.2) is 0 Å². The standard InChI is InChI=1S/C17H20O/c18-17(15-9-11-6-7-13(15)8-11)16-10-14(16)12-4-2-1-3-5-12/h1-5,11,13-16H,6-10H2. The fourth-order valence-corrected chi connectivity index (χ4v) is 4.45. The molecule has 5 atom stereocenters. The van der Waals surface area contributed by atoms with Crippen LogP contribution in [-0.4, -0.2) is 5.78 Å². The van der Waals surface area contributed by atoms with E-state index in [4.69, 9.17) is 0 Å². The van der Waals surface area contributed by atoms with Gasteiger partial charge in [-0.15, -0.1) is 0 Å². The van der Waals surface area contributed by atoms with Crippen LogP contribution in [0.4, 0.5) is 0 Å². The van der Waals surface area contributed by atoms with Crippen molar-refractivity contribution < 1.29 is 4.79 Å². The molecule has 3 aliphatic rings. The third-order valence-corrected chi connectivity index (χ3v) is 5.49. The Hall–Kier alpha value is -1.11. The van der Waals surface area contributed by atoms with Crippen LogP contribution in [0.5, 0.6) is 0 Å². The van der Waals surface area contributed by atoms with Gasteiger partial charge in [0.15, 0.2) is 0 Å². The molecular weight excluding hydrogens is 220 g/mol. The van der Waals surface area contributed by atoms with Crippen LogP contribution in [0.25, 0.3) is 0 Å². The molecule has 2 bridgehead atoms. The second-order valence-electron chi connectivity index (χ2n) is 6.54. The second kappa shape index (κ2) is 3.94. The zero-order valence-electron chi connectivity index (χ0n) is 10.7. The maximum absolute atomic E-state index is 12.6. The van der Waals surface area contributed by atoms with Gasteiger partial charge in [-0.05, 0) is 49.0 Å². The van der Waals surface area contributed by atoms with Crippen molar-refractivity contribution in [1.82, 2.24) is 0 Å². The van der Waals surface area contributed by atoms with Crippen molar-refractivity contribution in [2.75, 3.05) is 0 Å². The normalized spacial score (nSPS) is 41.0. The topological polar surface area (TPSA) is 17.1 Å². The average molecular weight is 240 g/mol. The van der Waals surface area contributed by atoms with E-state index < -0.39 is 0 Å². The van der Waals surface area contributed by atoms with E-state index in [1.807, 2.05) is 0 Å². The zero-order chi connectivity index (χ0) is 12.1. The van der Waals surface area contributed by atoms with Crippen LogP contribution in [0.1, 0.15) is 43.6 Å². The number of benzene rings is 1. The minimum absolute atomic E-state index is 0.358. The van der Waals surface area contributed by atoms with Gasteiger partial charge in [-0.3, -0.25) is 4.79 Å². The molecule has 0 N–H and O–H groups in total. The molecule has 0 amide bonds. The lowest BCUT2D eigenvalue weighted by molar-refractivity contribution is -0.125. The number of rotatable bonds is 3. The molecule has 18 heavy (non-hydrogen) atoms. The van der Waals surface area contributed by atoms with Gasteiger partial charge in [0.2, 0.25) is 0 Å². The third kappa shape index (κ3) is 1.64. The summed E-state index contributed by atoms with van der Waals surface area (Å²) in [7, 11) is 0. The average Bonchev–Trinajstić information content (AvgIpc) is 2.94. The van der Waals surface area contributed by atoms with Crippen molar-refractivity contribution in [3.63, 3.8) is 0 Å². The molecule has 3 saturated carbocycles. The molecule has 1 aromatic rings. The molecule has 0 aromatic heterocycles. The Morgan fingerprint density at radius 3 is 2.44 bits per heavy atom. The molecule has 3 fully saturated rings. The number of ketones is 1. The minimum Gasteiger partial charge on any atom is -0.299 e. The van der Waals surface area contributed by atoms with Gasteiger partial charge in [0.25, 0.3) is 0 Å². The van der Waals surface area contributed by atoms with E-state index in [1.54, 1.807) is 0 Å². The van der Waals surface area contributed by atoms with Crippen LogP contribution in [0.3, 0.4) is 0 Å². The summed E-state index contributed by atoms with van der Waals surface area (Å²) in [4.78, 5) is 12.6. The highest BCUT2D eigenvalue weighted by molar-refractivity contribution is 5.87. The molecule has 0 saturated heterocycles. The Bertz CT molecular complexity index is 464. The molecule has 1 heteroatoms. The van der Waals surface area contributed by atoms with Crippen molar-refractivity contribution in [1.29, 1.82) is 0 Å². The molecule has 1 nitrogen and oxygen atoms in total. The highest BCUT2D eigenvalue weighted by Gasteiger charge is 2.51. The summed E-state index contributed by atoms with van der Waals surface area (Å²) in [6.45, 7) is 0. The van der Waals surface area contributed by atoms with E-state index in [0.717, 1.165) is 18.3 Å². The van der Waals surface area contributed by atoms with Crippen LogP contribution in [-0.2, 0) is 4.79 Å². The van der Waals surface area contributed by atoms with Gasteiger partial charge in [-0.1, -0.05) is 36.8 Å². The van der Waals surface area contributed by atoms with Gasteiger partial charge in [0, 0.05) is 11.8 Å². The molecule has 94 valence electrons. The second-order valence-corrected chi connectivity index (χ2v) is 6.54. The molecule has 0 radical (unpaired) electrons. The first-order valence-corrected chi connectivity index (χ1v) is 7.41. The van der Waals surface area contributed by atoms with E-state index in [-0.39, 0.29) is 0 Å². The fourth-order valence-electron chi connectivity index (χ4n) is 4.45. The Morgan fingerprint density at radius 2 is 1.78 bits per heavy atom. The summed E-state index contributed by atoms with van der Waals surface area (Å²) in [5.41, 5.74) is 1.37. The summed E-state index contributed by atoms with van der Waals surface area (Å²) >= 11 is 0. The number of Topliss-reactive ketones (excluding diaryl/α,β-unsaturated/α-hetero) is 1. The van der Waals surface area contributed by atoms with Crippen LogP contribution >= 0.6 is 0 Å². The lowest BCUT2D eigenvalue weighted by Crippen LogP contribution is -2.22. The SMILES string of the molecule is O=C(C1CC2CCC1C2)C1CC1c1ccccc1. The Morgan fingerprint density at radius 1 is 0.944 bits per heavy atom. The van der Waals surface area contributed by atoms with E-state index in [0.29, 0.717) is 23.5 Å². The lowest BCUT2D eigenvalue weighted by atomic mass is 9.83.